The Kier molecular flexibility index (Phi) is 14.9. The van der Waals surface area contributed by atoms with Gasteiger partial charge in [0.25, 0.3) is 0 Å². The highest BCUT2D eigenvalue weighted by atomic mass is 16.7. The highest BCUT2D eigenvalue weighted by molar-refractivity contribution is 5.89. The zero-order chi connectivity index (χ0) is 33.4. The Morgan fingerprint density at radius 1 is 0.646 bits per heavy atom. The molecule has 2 fully saturated rings. The van der Waals surface area contributed by atoms with Crippen molar-refractivity contribution in [2.75, 3.05) is 13.4 Å². The highest BCUT2D eigenvalue weighted by Crippen LogP contribution is 2.39. The van der Waals surface area contributed by atoms with Gasteiger partial charge in [0, 0.05) is 0 Å². The summed E-state index contributed by atoms with van der Waals surface area (Å²) < 4.78 is 17.9. The van der Waals surface area contributed by atoms with Crippen LogP contribution in [0.1, 0.15) is 162 Å². The van der Waals surface area contributed by atoms with Gasteiger partial charge in [0.05, 0.1) is 12.2 Å². The maximum absolute atomic E-state index is 13.3. The van der Waals surface area contributed by atoms with Gasteiger partial charge >= 0.3 is 5.97 Å². The lowest BCUT2D eigenvalue weighted by molar-refractivity contribution is -0.0429. The third-order valence-electron chi connectivity index (χ3n) is 11.1. The first-order chi connectivity index (χ1) is 23.6. The molecule has 260 valence electrons. The molecular weight excluding hydrogens is 592 g/mol. The van der Waals surface area contributed by atoms with E-state index in [9.17, 15) is 4.79 Å². The number of carbonyl (C=O) groups is 1. The van der Waals surface area contributed by atoms with Crippen LogP contribution in [0, 0.1) is 11.8 Å². The molecule has 48 heavy (non-hydrogen) atoms. The molecule has 0 bridgehead atoms. The SMILES string of the molecule is CCCCCC1CCC(c2ccc(OCOCC(OC(=O)c3ccc(C4CCC(CCCCC)CC4)cc3)c3ccccc3)cc2)CC1. The van der Waals surface area contributed by atoms with E-state index >= 15 is 0 Å². The summed E-state index contributed by atoms with van der Waals surface area (Å²) in [4.78, 5) is 13.3. The van der Waals surface area contributed by atoms with Crippen LogP contribution in [0.15, 0.2) is 78.9 Å². The summed E-state index contributed by atoms with van der Waals surface area (Å²) in [7, 11) is 0. The predicted octanol–water partition coefficient (Wildman–Crippen LogP) is 12.3. The number of hydrogen-bond acceptors (Lipinski definition) is 4. The standard InChI is InChI=1S/C44H60O4/c1-3-5-8-12-34-16-20-36(21-17-34)38-24-26-41(27-25-38)44(45)48-43(40-14-10-7-11-15-40)32-46-33-47-42-30-28-39(29-31-42)37-22-18-35(19-23-37)13-9-6-4-2/h7,10-11,14-15,24-31,34-37,43H,3-6,8-9,12-13,16-23,32-33H2,1-2H3. The van der Waals surface area contributed by atoms with Crippen molar-refractivity contribution in [3.05, 3.63) is 101 Å². The Bertz CT molecular complexity index is 1300. The minimum Gasteiger partial charge on any atom is -0.468 e. The number of ether oxygens (including phenoxy) is 3. The molecule has 5 rings (SSSR count). The quantitative estimate of drug-likeness (QED) is 0.0779. The topological polar surface area (TPSA) is 44.8 Å². The summed E-state index contributed by atoms with van der Waals surface area (Å²) in [6, 6.07) is 26.5. The van der Waals surface area contributed by atoms with Gasteiger partial charge in [0.15, 0.2) is 12.9 Å². The monoisotopic (exact) mass is 652 g/mol. The third kappa shape index (κ3) is 11.2. The van der Waals surface area contributed by atoms with E-state index in [1.165, 1.54) is 114 Å². The van der Waals surface area contributed by atoms with Gasteiger partial charge in [-0.2, -0.15) is 0 Å². The lowest BCUT2D eigenvalue weighted by atomic mass is 9.77. The van der Waals surface area contributed by atoms with Gasteiger partial charge < -0.3 is 14.2 Å². The van der Waals surface area contributed by atoms with Crippen LogP contribution in [0.2, 0.25) is 0 Å². The molecule has 1 unspecified atom stereocenters. The molecule has 0 amide bonds. The molecule has 0 N–H and O–H groups in total. The van der Waals surface area contributed by atoms with E-state index in [1.807, 2.05) is 42.5 Å². The fourth-order valence-electron chi connectivity index (χ4n) is 7.99. The Morgan fingerprint density at radius 2 is 1.17 bits per heavy atom. The summed E-state index contributed by atoms with van der Waals surface area (Å²) in [6.07, 6.45) is 20.8. The van der Waals surface area contributed by atoms with Crippen LogP contribution in [-0.4, -0.2) is 19.4 Å². The first-order valence-electron chi connectivity index (χ1n) is 19.3. The van der Waals surface area contributed by atoms with Crippen molar-refractivity contribution in [1.29, 1.82) is 0 Å². The second kappa shape index (κ2) is 19.8. The maximum atomic E-state index is 13.3. The molecule has 2 aliphatic carbocycles. The largest absolute Gasteiger partial charge is 0.468 e. The van der Waals surface area contributed by atoms with E-state index in [0.29, 0.717) is 17.4 Å². The second-order valence-electron chi connectivity index (χ2n) is 14.6. The molecule has 0 saturated heterocycles. The van der Waals surface area contributed by atoms with Crippen molar-refractivity contribution >= 4 is 5.97 Å². The Hall–Kier alpha value is -3.11. The number of carbonyl (C=O) groups excluding carboxylic acids is 1. The number of unbranched alkanes of at least 4 members (excludes halogenated alkanes) is 4. The van der Waals surface area contributed by atoms with Crippen molar-refractivity contribution < 1.29 is 19.0 Å². The highest BCUT2D eigenvalue weighted by Gasteiger charge is 2.24. The third-order valence-corrected chi connectivity index (χ3v) is 11.1. The van der Waals surface area contributed by atoms with E-state index in [2.05, 4.69) is 50.2 Å². The van der Waals surface area contributed by atoms with Crippen LogP contribution < -0.4 is 4.74 Å². The lowest BCUT2D eigenvalue weighted by Crippen LogP contribution is -2.18. The fraction of sp³-hybridized carbons (Fsp3) is 0.568. The fourth-order valence-corrected chi connectivity index (χ4v) is 7.99. The van der Waals surface area contributed by atoms with Crippen molar-refractivity contribution in [2.45, 2.75) is 135 Å². The minimum absolute atomic E-state index is 0.0959. The number of esters is 1. The predicted molar refractivity (Wildman–Crippen MR) is 197 cm³/mol. The normalized spacial score (nSPS) is 21.8. The first-order valence-corrected chi connectivity index (χ1v) is 19.3. The Balaban J connectivity index is 1.06. The van der Waals surface area contributed by atoms with Gasteiger partial charge in [-0.3, -0.25) is 0 Å². The molecule has 0 radical (unpaired) electrons. The van der Waals surface area contributed by atoms with Gasteiger partial charge in [-0.25, -0.2) is 4.79 Å². The Morgan fingerprint density at radius 3 is 1.69 bits per heavy atom. The summed E-state index contributed by atoms with van der Waals surface area (Å²) in [5.41, 5.74) is 4.25. The molecule has 4 heteroatoms. The van der Waals surface area contributed by atoms with Gasteiger partial charge in [0.2, 0.25) is 0 Å². The first kappa shape index (κ1) is 36.2. The summed E-state index contributed by atoms with van der Waals surface area (Å²) in [5.74, 6) is 3.54. The maximum Gasteiger partial charge on any atom is 0.338 e. The average molecular weight is 653 g/mol. The number of hydrogen-bond donors (Lipinski definition) is 0. The molecule has 3 aromatic rings. The summed E-state index contributed by atoms with van der Waals surface area (Å²) in [5, 5.41) is 0. The molecule has 0 spiro atoms. The van der Waals surface area contributed by atoms with Gasteiger partial charge in [-0.15, -0.1) is 0 Å². The number of rotatable bonds is 18. The second-order valence-corrected chi connectivity index (χ2v) is 14.6. The zero-order valence-electron chi connectivity index (χ0n) is 29.8. The van der Waals surface area contributed by atoms with Crippen molar-refractivity contribution in [2.24, 2.45) is 11.8 Å². The zero-order valence-corrected chi connectivity index (χ0v) is 29.8. The van der Waals surface area contributed by atoms with E-state index in [-0.39, 0.29) is 19.4 Å². The van der Waals surface area contributed by atoms with Crippen molar-refractivity contribution in [3.63, 3.8) is 0 Å². The number of benzene rings is 3. The van der Waals surface area contributed by atoms with Crippen LogP contribution in [0.5, 0.6) is 5.75 Å². The molecule has 2 saturated carbocycles. The minimum atomic E-state index is -0.524. The molecular formula is C44H60O4. The molecule has 0 aliphatic heterocycles. The van der Waals surface area contributed by atoms with Crippen LogP contribution in [0.4, 0.5) is 0 Å². The van der Waals surface area contributed by atoms with Crippen LogP contribution in [-0.2, 0) is 9.47 Å². The van der Waals surface area contributed by atoms with Gasteiger partial charge in [-0.05, 0) is 116 Å². The molecule has 0 heterocycles. The van der Waals surface area contributed by atoms with E-state index in [4.69, 9.17) is 14.2 Å². The van der Waals surface area contributed by atoms with Crippen LogP contribution in [0.3, 0.4) is 0 Å². The van der Waals surface area contributed by atoms with E-state index in [1.54, 1.807) is 0 Å². The molecule has 4 nitrogen and oxygen atoms in total. The molecule has 2 aliphatic rings. The average Bonchev–Trinajstić information content (AvgIpc) is 3.14. The smallest absolute Gasteiger partial charge is 0.338 e. The Labute approximate surface area is 291 Å². The molecule has 1 atom stereocenters. The summed E-state index contributed by atoms with van der Waals surface area (Å²) >= 11 is 0. The lowest BCUT2D eigenvalue weighted by Gasteiger charge is -2.29. The van der Waals surface area contributed by atoms with E-state index < -0.39 is 6.10 Å². The van der Waals surface area contributed by atoms with Crippen molar-refractivity contribution in [1.82, 2.24) is 0 Å². The van der Waals surface area contributed by atoms with Crippen molar-refractivity contribution in [3.8, 4) is 5.75 Å². The van der Waals surface area contributed by atoms with Crippen LogP contribution in [0.25, 0.3) is 0 Å². The van der Waals surface area contributed by atoms with E-state index in [0.717, 1.165) is 23.1 Å². The molecule has 3 aromatic carbocycles. The van der Waals surface area contributed by atoms with Gasteiger partial charge in [0.1, 0.15) is 5.75 Å². The summed E-state index contributed by atoms with van der Waals surface area (Å²) in [6.45, 7) is 4.88. The van der Waals surface area contributed by atoms with Crippen LogP contribution >= 0.6 is 0 Å². The van der Waals surface area contributed by atoms with Gasteiger partial charge in [-0.1, -0.05) is 120 Å². The molecule has 0 aromatic heterocycles.